The zero-order chi connectivity index (χ0) is 15.1. The summed E-state index contributed by atoms with van der Waals surface area (Å²) < 4.78 is 5.19. The van der Waals surface area contributed by atoms with E-state index in [-0.39, 0.29) is 0 Å². The summed E-state index contributed by atoms with van der Waals surface area (Å²) in [5, 5.41) is 7.42. The highest BCUT2D eigenvalue weighted by Crippen LogP contribution is 2.23. The number of aryl methyl sites for hydroxylation is 1. The van der Waals surface area contributed by atoms with Gasteiger partial charge in [-0.25, -0.2) is 0 Å². The second kappa shape index (κ2) is 8.20. The molecule has 4 nitrogen and oxygen atoms in total. The van der Waals surface area contributed by atoms with Crippen LogP contribution in [0.15, 0.2) is 33.7 Å². The maximum absolute atomic E-state index is 5.19. The summed E-state index contributed by atoms with van der Waals surface area (Å²) in [6, 6.07) is 9.05. The Hall–Kier alpha value is -1.33. The Kier molecular flexibility index (Phi) is 6.26. The van der Waals surface area contributed by atoms with Gasteiger partial charge in [-0.2, -0.15) is 4.98 Å². The van der Waals surface area contributed by atoms with Crippen LogP contribution in [0.3, 0.4) is 0 Å². The van der Waals surface area contributed by atoms with Crippen molar-refractivity contribution in [2.75, 3.05) is 6.54 Å². The van der Waals surface area contributed by atoms with Crippen molar-refractivity contribution in [1.29, 1.82) is 0 Å². The zero-order valence-electron chi connectivity index (χ0n) is 12.9. The number of rotatable bonds is 8. The molecule has 21 heavy (non-hydrogen) atoms. The van der Waals surface area contributed by atoms with Crippen LogP contribution in [-0.2, 0) is 12.2 Å². The monoisotopic (exact) mass is 305 g/mol. The molecule has 0 aliphatic heterocycles. The van der Waals surface area contributed by atoms with Crippen molar-refractivity contribution in [2.24, 2.45) is 0 Å². The van der Waals surface area contributed by atoms with E-state index in [0.29, 0.717) is 6.04 Å². The largest absolute Gasteiger partial charge is 0.339 e. The van der Waals surface area contributed by atoms with Gasteiger partial charge >= 0.3 is 0 Å². The number of benzene rings is 1. The molecule has 0 fully saturated rings. The van der Waals surface area contributed by atoms with Gasteiger partial charge in [0, 0.05) is 17.4 Å². The average Bonchev–Trinajstić information content (AvgIpc) is 2.94. The molecule has 2 aromatic rings. The Bertz CT molecular complexity index is 539. The van der Waals surface area contributed by atoms with Crippen molar-refractivity contribution in [2.45, 2.75) is 50.3 Å². The Morgan fingerprint density at radius 1 is 1.24 bits per heavy atom. The van der Waals surface area contributed by atoms with Gasteiger partial charge in [-0.1, -0.05) is 31.1 Å². The Morgan fingerprint density at radius 3 is 2.67 bits per heavy atom. The van der Waals surface area contributed by atoms with Gasteiger partial charge in [0.2, 0.25) is 5.89 Å². The fraction of sp³-hybridized carbons (Fsp3) is 0.500. The van der Waals surface area contributed by atoms with Crippen LogP contribution in [0.5, 0.6) is 0 Å². The van der Waals surface area contributed by atoms with Gasteiger partial charge in [-0.15, -0.1) is 11.8 Å². The van der Waals surface area contributed by atoms with E-state index in [2.05, 4.69) is 60.5 Å². The van der Waals surface area contributed by atoms with Crippen LogP contribution in [0, 0.1) is 0 Å². The first-order valence-electron chi connectivity index (χ1n) is 7.50. The summed E-state index contributed by atoms with van der Waals surface area (Å²) in [5.74, 6) is 2.26. The number of hydrogen-bond donors (Lipinski definition) is 1. The minimum atomic E-state index is 0.392. The molecule has 1 heterocycles. The second-order valence-corrected chi connectivity index (χ2v) is 6.04. The molecule has 1 aromatic carbocycles. The van der Waals surface area contributed by atoms with Gasteiger partial charge in [0.1, 0.15) is 0 Å². The fourth-order valence-corrected chi connectivity index (χ4v) is 2.83. The van der Waals surface area contributed by atoms with Crippen molar-refractivity contribution in [1.82, 2.24) is 15.5 Å². The summed E-state index contributed by atoms with van der Waals surface area (Å²) in [6.45, 7) is 7.39. The zero-order valence-corrected chi connectivity index (χ0v) is 13.7. The Balaban J connectivity index is 1.88. The molecule has 0 amide bonds. The molecule has 1 aromatic heterocycles. The SMILES string of the molecule is CCCc1nc(CSc2ccc(C(C)NCC)cc2)no1. The van der Waals surface area contributed by atoms with Crippen LogP contribution in [-0.4, -0.2) is 16.7 Å². The highest BCUT2D eigenvalue weighted by atomic mass is 32.2. The summed E-state index contributed by atoms with van der Waals surface area (Å²) in [4.78, 5) is 5.60. The first-order chi connectivity index (χ1) is 10.2. The van der Waals surface area contributed by atoms with E-state index < -0.39 is 0 Å². The summed E-state index contributed by atoms with van der Waals surface area (Å²) in [7, 11) is 0. The molecular formula is C16H23N3OS. The molecule has 0 saturated carbocycles. The topological polar surface area (TPSA) is 51.0 Å². The standard InChI is InChI=1S/C16H23N3OS/c1-4-6-16-18-15(19-20-16)11-21-14-9-7-13(8-10-14)12(3)17-5-2/h7-10,12,17H,4-6,11H2,1-3H3. The van der Waals surface area contributed by atoms with Gasteiger partial charge in [0.25, 0.3) is 0 Å². The summed E-state index contributed by atoms with van der Waals surface area (Å²) in [6.07, 6.45) is 1.88. The van der Waals surface area contributed by atoms with Gasteiger partial charge < -0.3 is 9.84 Å². The maximum Gasteiger partial charge on any atom is 0.226 e. The number of thioether (sulfide) groups is 1. The van der Waals surface area contributed by atoms with Crippen LogP contribution in [0.2, 0.25) is 0 Å². The molecule has 1 atom stereocenters. The van der Waals surface area contributed by atoms with Gasteiger partial charge in [0.05, 0.1) is 5.75 Å². The second-order valence-electron chi connectivity index (χ2n) is 4.99. The quantitative estimate of drug-likeness (QED) is 0.747. The Labute approximate surface area is 130 Å². The number of nitrogens with one attached hydrogen (secondary N) is 1. The minimum absolute atomic E-state index is 0.392. The third kappa shape index (κ3) is 4.86. The maximum atomic E-state index is 5.19. The molecule has 0 radical (unpaired) electrons. The molecule has 0 aliphatic rings. The molecule has 1 unspecified atom stereocenters. The third-order valence-electron chi connectivity index (χ3n) is 3.23. The minimum Gasteiger partial charge on any atom is -0.339 e. The lowest BCUT2D eigenvalue weighted by atomic mass is 10.1. The van der Waals surface area contributed by atoms with Crippen LogP contribution in [0.25, 0.3) is 0 Å². The van der Waals surface area contributed by atoms with Crippen LogP contribution in [0.4, 0.5) is 0 Å². The van der Waals surface area contributed by atoms with E-state index >= 15 is 0 Å². The first kappa shape index (κ1) is 16.0. The lowest BCUT2D eigenvalue weighted by Gasteiger charge is -2.12. The molecule has 0 aliphatic carbocycles. The Morgan fingerprint density at radius 2 is 2.00 bits per heavy atom. The van der Waals surface area contributed by atoms with Crippen molar-refractivity contribution in [3.63, 3.8) is 0 Å². The van der Waals surface area contributed by atoms with Crippen LogP contribution >= 0.6 is 11.8 Å². The van der Waals surface area contributed by atoms with Crippen molar-refractivity contribution in [3.8, 4) is 0 Å². The van der Waals surface area contributed by atoms with Crippen LogP contribution in [0.1, 0.15) is 50.5 Å². The first-order valence-corrected chi connectivity index (χ1v) is 8.49. The number of nitrogens with zero attached hydrogens (tertiary/aromatic N) is 2. The molecule has 1 N–H and O–H groups in total. The molecule has 0 spiro atoms. The van der Waals surface area contributed by atoms with E-state index in [4.69, 9.17) is 4.52 Å². The number of aromatic nitrogens is 2. The van der Waals surface area contributed by atoms with Gasteiger partial charge in [-0.3, -0.25) is 0 Å². The van der Waals surface area contributed by atoms with Gasteiger partial charge in [-0.05, 0) is 37.6 Å². The highest BCUT2D eigenvalue weighted by molar-refractivity contribution is 7.98. The normalized spacial score (nSPS) is 12.5. The van der Waals surface area contributed by atoms with Crippen LogP contribution < -0.4 is 5.32 Å². The molecule has 114 valence electrons. The molecule has 0 bridgehead atoms. The smallest absolute Gasteiger partial charge is 0.226 e. The fourth-order valence-electron chi connectivity index (χ4n) is 2.09. The molecular weight excluding hydrogens is 282 g/mol. The van der Waals surface area contributed by atoms with E-state index in [9.17, 15) is 0 Å². The predicted molar refractivity (Wildman–Crippen MR) is 86.4 cm³/mol. The highest BCUT2D eigenvalue weighted by Gasteiger charge is 2.07. The van der Waals surface area contributed by atoms with E-state index in [1.807, 2.05) is 0 Å². The van der Waals surface area contributed by atoms with Crippen molar-refractivity contribution in [3.05, 3.63) is 41.5 Å². The predicted octanol–water partition coefficient (Wildman–Crippen LogP) is 3.98. The van der Waals surface area contributed by atoms with E-state index in [0.717, 1.165) is 36.9 Å². The number of hydrogen-bond acceptors (Lipinski definition) is 5. The summed E-state index contributed by atoms with van der Waals surface area (Å²) >= 11 is 1.73. The molecule has 2 rings (SSSR count). The van der Waals surface area contributed by atoms with Gasteiger partial charge in [0.15, 0.2) is 5.82 Å². The lowest BCUT2D eigenvalue weighted by molar-refractivity contribution is 0.373. The lowest BCUT2D eigenvalue weighted by Crippen LogP contribution is -2.17. The summed E-state index contributed by atoms with van der Waals surface area (Å²) in [5.41, 5.74) is 1.31. The van der Waals surface area contributed by atoms with E-state index in [1.54, 1.807) is 11.8 Å². The molecule has 5 heteroatoms. The molecule has 0 saturated heterocycles. The van der Waals surface area contributed by atoms with E-state index in [1.165, 1.54) is 10.5 Å². The third-order valence-corrected chi connectivity index (χ3v) is 4.24. The average molecular weight is 305 g/mol. The van der Waals surface area contributed by atoms with Crippen molar-refractivity contribution >= 4 is 11.8 Å². The van der Waals surface area contributed by atoms with Crippen molar-refractivity contribution < 1.29 is 4.52 Å².